The minimum absolute atomic E-state index is 0.0669. The van der Waals surface area contributed by atoms with Crippen molar-refractivity contribution in [3.05, 3.63) is 64.1 Å². The topological polar surface area (TPSA) is 41.1 Å². The van der Waals surface area contributed by atoms with Crippen molar-refractivity contribution in [3.63, 3.8) is 0 Å². The number of carbonyl (C=O) groups excluding carboxylic acids is 1. The summed E-state index contributed by atoms with van der Waals surface area (Å²) >= 11 is 3.52. The Bertz CT molecular complexity index is 628. The monoisotopic (exact) mass is 346 g/mol. The van der Waals surface area contributed by atoms with Crippen molar-refractivity contribution in [1.82, 2.24) is 5.32 Å². The van der Waals surface area contributed by atoms with Crippen LogP contribution in [0.15, 0.2) is 53.0 Å². The van der Waals surface area contributed by atoms with Gasteiger partial charge >= 0.3 is 0 Å². The molecule has 0 aliphatic heterocycles. The Kier molecular flexibility index (Phi) is 5.39. The molecule has 2 N–H and O–H groups in total. The average Bonchev–Trinajstić information content (AvgIpc) is 2.48. The highest BCUT2D eigenvalue weighted by Gasteiger charge is 2.15. The molecule has 21 heavy (non-hydrogen) atoms. The zero-order valence-electron chi connectivity index (χ0n) is 12.2. The Morgan fingerprint density at radius 3 is 2.52 bits per heavy atom. The van der Waals surface area contributed by atoms with Crippen LogP contribution in [0.4, 0.5) is 5.69 Å². The quantitative estimate of drug-likeness (QED) is 0.843. The lowest BCUT2D eigenvalue weighted by atomic mass is 10.1. The maximum absolute atomic E-state index is 12.5. The molecule has 0 aliphatic rings. The van der Waals surface area contributed by atoms with Crippen LogP contribution in [0.25, 0.3) is 0 Å². The molecular weight excluding hydrogens is 328 g/mol. The van der Waals surface area contributed by atoms with Crippen LogP contribution >= 0.6 is 15.9 Å². The summed E-state index contributed by atoms with van der Waals surface area (Å²) in [5, 5.41) is 6.25. The van der Waals surface area contributed by atoms with Gasteiger partial charge in [-0.3, -0.25) is 4.79 Å². The third kappa shape index (κ3) is 3.85. The van der Waals surface area contributed by atoms with Crippen molar-refractivity contribution in [2.75, 3.05) is 11.9 Å². The normalized spacial score (nSPS) is 11.8. The summed E-state index contributed by atoms with van der Waals surface area (Å²) in [4.78, 5) is 12.5. The van der Waals surface area contributed by atoms with Gasteiger partial charge in [0.05, 0.1) is 11.6 Å². The maximum Gasteiger partial charge on any atom is 0.253 e. The summed E-state index contributed by atoms with van der Waals surface area (Å²) in [7, 11) is 0. The van der Waals surface area contributed by atoms with Crippen molar-refractivity contribution < 1.29 is 4.79 Å². The molecule has 1 amide bonds. The number of nitrogens with one attached hydrogen (secondary N) is 2. The van der Waals surface area contributed by atoms with Crippen LogP contribution in [0, 0.1) is 0 Å². The Labute approximate surface area is 133 Å². The van der Waals surface area contributed by atoms with E-state index in [0.29, 0.717) is 5.56 Å². The zero-order valence-corrected chi connectivity index (χ0v) is 13.8. The van der Waals surface area contributed by atoms with E-state index in [1.165, 1.54) is 0 Å². The number of hydrogen-bond donors (Lipinski definition) is 2. The average molecular weight is 347 g/mol. The van der Waals surface area contributed by atoms with Crippen LogP contribution in [0.5, 0.6) is 0 Å². The first kappa shape index (κ1) is 15.6. The van der Waals surface area contributed by atoms with E-state index >= 15 is 0 Å². The zero-order chi connectivity index (χ0) is 15.2. The molecule has 0 radical (unpaired) electrons. The summed E-state index contributed by atoms with van der Waals surface area (Å²) in [6.45, 7) is 4.77. The fraction of sp³-hybridized carbons (Fsp3) is 0.235. The van der Waals surface area contributed by atoms with Crippen LogP contribution in [-0.4, -0.2) is 12.5 Å². The maximum atomic E-state index is 12.5. The second kappa shape index (κ2) is 7.27. The third-order valence-corrected chi connectivity index (χ3v) is 3.98. The largest absolute Gasteiger partial charge is 0.385 e. The van der Waals surface area contributed by atoms with E-state index < -0.39 is 0 Å². The Hall–Kier alpha value is -1.81. The fourth-order valence-electron chi connectivity index (χ4n) is 2.20. The van der Waals surface area contributed by atoms with E-state index in [2.05, 4.69) is 26.6 Å². The minimum Gasteiger partial charge on any atom is -0.385 e. The molecular formula is C17H19BrN2O. The van der Waals surface area contributed by atoms with Gasteiger partial charge in [-0.15, -0.1) is 0 Å². The summed E-state index contributed by atoms with van der Waals surface area (Å²) in [5.41, 5.74) is 2.59. The van der Waals surface area contributed by atoms with Gasteiger partial charge in [-0.05, 0) is 37.6 Å². The van der Waals surface area contributed by atoms with Gasteiger partial charge in [-0.1, -0.05) is 46.3 Å². The predicted molar refractivity (Wildman–Crippen MR) is 90.6 cm³/mol. The van der Waals surface area contributed by atoms with Gasteiger partial charge in [0.15, 0.2) is 0 Å². The Morgan fingerprint density at radius 1 is 1.14 bits per heavy atom. The highest BCUT2D eigenvalue weighted by Crippen LogP contribution is 2.23. The number of carbonyl (C=O) groups is 1. The van der Waals surface area contributed by atoms with Gasteiger partial charge in [0.1, 0.15) is 0 Å². The molecule has 0 fully saturated rings. The standard InChI is InChI=1S/C17H19BrN2O/c1-3-19-16-11-7-5-9-14(16)17(21)20-12(2)13-8-4-6-10-15(13)18/h4-12,19H,3H2,1-2H3,(H,20,21). The molecule has 0 bridgehead atoms. The summed E-state index contributed by atoms with van der Waals surface area (Å²) in [6, 6.07) is 15.4. The van der Waals surface area contributed by atoms with Gasteiger partial charge in [-0.25, -0.2) is 0 Å². The summed E-state index contributed by atoms with van der Waals surface area (Å²) in [5.74, 6) is -0.0743. The molecule has 4 heteroatoms. The molecule has 0 spiro atoms. The SMILES string of the molecule is CCNc1ccccc1C(=O)NC(C)c1ccccc1Br. The van der Waals surface area contributed by atoms with Gasteiger partial charge < -0.3 is 10.6 Å². The molecule has 1 atom stereocenters. The molecule has 0 heterocycles. The van der Waals surface area contributed by atoms with Crippen LogP contribution in [0.3, 0.4) is 0 Å². The third-order valence-electron chi connectivity index (χ3n) is 3.26. The molecule has 0 aliphatic carbocycles. The minimum atomic E-state index is -0.0743. The molecule has 1 unspecified atom stereocenters. The molecule has 0 aromatic heterocycles. The van der Waals surface area contributed by atoms with Gasteiger partial charge in [0.2, 0.25) is 0 Å². The highest BCUT2D eigenvalue weighted by molar-refractivity contribution is 9.10. The van der Waals surface area contributed by atoms with Crippen LogP contribution in [-0.2, 0) is 0 Å². The second-order valence-corrected chi connectivity index (χ2v) is 5.65. The van der Waals surface area contributed by atoms with E-state index in [4.69, 9.17) is 0 Å². The van der Waals surface area contributed by atoms with Gasteiger partial charge in [0, 0.05) is 16.7 Å². The number of rotatable bonds is 5. The molecule has 2 aromatic carbocycles. The smallest absolute Gasteiger partial charge is 0.253 e. The van der Waals surface area contributed by atoms with Gasteiger partial charge in [0.25, 0.3) is 5.91 Å². The number of amides is 1. The van der Waals surface area contributed by atoms with Crippen LogP contribution < -0.4 is 10.6 Å². The van der Waals surface area contributed by atoms with E-state index in [1.54, 1.807) is 0 Å². The lowest BCUT2D eigenvalue weighted by molar-refractivity contribution is 0.0940. The van der Waals surface area contributed by atoms with E-state index in [0.717, 1.165) is 22.3 Å². The first-order chi connectivity index (χ1) is 10.1. The molecule has 0 saturated heterocycles. The predicted octanol–water partition coefficient (Wildman–Crippen LogP) is 4.37. The number of para-hydroxylation sites is 1. The van der Waals surface area contributed by atoms with Gasteiger partial charge in [-0.2, -0.15) is 0 Å². The van der Waals surface area contributed by atoms with Crippen molar-refractivity contribution >= 4 is 27.5 Å². The molecule has 2 aromatic rings. The molecule has 0 saturated carbocycles. The van der Waals surface area contributed by atoms with E-state index in [1.807, 2.05) is 62.4 Å². The van der Waals surface area contributed by atoms with Crippen molar-refractivity contribution in [3.8, 4) is 0 Å². The van der Waals surface area contributed by atoms with E-state index in [-0.39, 0.29) is 11.9 Å². The lowest BCUT2D eigenvalue weighted by Gasteiger charge is -2.17. The highest BCUT2D eigenvalue weighted by atomic mass is 79.9. The summed E-state index contributed by atoms with van der Waals surface area (Å²) < 4.78 is 0.998. The Morgan fingerprint density at radius 2 is 1.81 bits per heavy atom. The number of anilines is 1. The molecule has 3 nitrogen and oxygen atoms in total. The van der Waals surface area contributed by atoms with E-state index in [9.17, 15) is 4.79 Å². The molecule has 2 rings (SSSR count). The second-order valence-electron chi connectivity index (χ2n) is 4.79. The van der Waals surface area contributed by atoms with Crippen LogP contribution in [0.2, 0.25) is 0 Å². The van der Waals surface area contributed by atoms with Crippen molar-refractivity contribution in [2.45, 2.75) is 19.9 Å². The van der Waals surface area contributed by atoms with Crippen molar-refractivity contribution in [2.24, 2.45) is 0 Å². The first-order valence-corrected chi connectivity index (χ1v) is 7.81. The van der Waals surface area contributed by atoms with Crippen LogP contribution in [0.1, 0.15) is 35.8 Å². The number of halogens is 1. The fourth-order valence-corrected chi connectivity index (χ4v) is 2.83. The van der Waals surface area contributed by atoms with Crippen molar-refractivity contribution in [1.29, 1.82) is 0 Å². The number of hydrogen-bond acceptors (Lipinski definition) is 2. The molecule has 110 valence electrons. The lowest BCUT2D eigenvalue weighted by Crippen LogP contribution is -2.27. The first-order valence-electron chi connectivity index (χ1n) is 7.01. The number of benzene rings is 2. The summed E-state index contributed by atoms with van der Waals surface area (Å²) in [6.07, 6.45) is 0. The Balaban J connectivity index is 2.17.